The van der Waals surface area contributed by atoms with Crippen LogP contribution in [0.5, 0.6) is 0 Å². The lowest BCUT2D eigenvalue weighted by Crippen LogP contribution is -2.35. The van der Waals surface area contributed by atoms with Crippen LogP contribution in [0.3, 0.4) is 0 Å². The summed E-state index contributed by atoms with van der Waals surface area (Å²) in [5.74, 6) is 1.29. The molecule has 1 aliphatic rings. The van der Waals surface area contributed by atoms with E-state index in [9.17, 15) is 0 Å². The van der Waals surface area contributed by atoms with Gasteiger partial charge in [0.25, 0.3) is 0 Å². The summed E-state index contributed by atoms with van der Waals surface area (Å²) in [6.07, 6.45) is 6.10. The molecule has 0 saturated heterocycles. The molecule has 0 aliphatic heterocycles. The fourth-order valence-electron chi connectivity index (χ4n) is 2.57. The molecule has 2 unspecified atom stereocenters. The van der Waals surface area contributed by atoms with Gasteiger partial charge in [-0.3, -0.25) is 4.90 Å². The molecule has 0 radical (unpaired) electrons. The minimum Gasteiger partial charge on any atom is -0.449 e. The highest BCUT2D eigenvalue weighted by Gasteiger charge is 2.29. The van der Waals surface area contributed by atoms with Crippen LogP contribution < -0.4 is 0 Å². The van der Waals surface area contributed by atoms with Crippen molar-refractivity contribution in [3.05, 3.63) is 23.7 Å². The zero-order valence-corrected chi connectivity index (χ0v) is 11.2. The van der Waals surface area contributed by atoms with Gasteiger partial charge in [-0.2, -0.15) is 17.0 Å². The molecule has 0 spiro atoms. The summed E-state index contributed by atoms with van der Waals surface area (Å²) in [6.45, 7) is 0.795. The van der Waals surface area contributed by atoms with Gasteiger partial charge in [-0.25, -0.2) is 0 Å². The molecule has 0 N–H and O–H groups in total. The summed E-state index contributed by atoms with van der Waals surface area (Å²) in [6, 6.07) is 6.30. The minimum absolute atomic E-state index is 0.404. The van der Waals surface area contributed by atoms with Crippen LogP contribution in [0.4, 0.5) is 0 Å². The Morgan fingerprint density at radius 3 is 3.00 bits per heavy atom. The molecule has 1 saturated carbocycles. The van der Waals surface area contributed by atoms with Gasteiger partial charge in [0.2, 0.25) is 5.76 Å². The normalized spacial score (nSPS) is 24.1. The monoisotopic (exact) mass is 250 g/mol. The molecule has 17 heavy (non-hydrogen) atoms. The highest BCUT2D eigenvalue weighted by Crippen LogP contribution is 2.32. The maximum Gasteiger partial charge on any atom is 0.203 e. The Balaban J connectivity index is 1.96. The van der Waals surface area contributed by atoms with Crippen molar-refractivity contribution in [1.29, 1.82) is 5.26 Å². The van der Waals surface area contributed by atoms with Gasteiger partial charge in [0.05, 0.1) is 6.54 Å². The lowest BCUT2D eigenvalue weighted by Gasteiger charge is -2.27. The number of hydrogen-bond acceptors (Lipinski definition) is 4. The highest BCUT2D eigenvalue weighted by molar-refractivity contribution is 7.99. The van der Waals surface area contributed by atoms with E-state index in [1.807, 2.05) is 23.9 Å². The molecule has 4 heteroatoms. The molecule has 92 valence electrons. The number of rotatable bonds is 4. The number of hydrogen-bond donors (Lipinski definition) is 0. The van der Waals surface area contributed by atoms with Crippen LogP contribution in [0.2, 0.25) is 0 Å². The first kappa shape index (κ1) is 12.5. The molecule has 0 amide bonds. The molecule has 0 aromatic carbocycles. The van der Waals surface area contributed by atoms with Gasteiger partial charge in [-0.1, -0.05) is 6.42 Å². The topological polar surface area (TPSA) is 40.2 Å². The average Bonchev–Trinajstić information content (AvgIpc) is 2.96. The van der Waals surface area contributed by atoms with Gasteiger partial charge < -0.3 is 4.42 Å². The van der Waals surface area contributed by atoms with Crippen molar-refractivity contribution in [2.24, 2.45) is 0 Å². The molecule has 2 atom stereocenters. The SMILES string of the molecule is CSC1CCCC1N(C)Cc1ccc(C#N)o1. The van der Waals surface area contributed by atoms with Crippen molar-refractivity contribution in [2.45, 2.75) is 37.1 Å². The Hall–Kier alpha value is -0.920. The van der Waals surface area contributed by atoms with Crippen molar-refractivity contribution < 1.29 is 4.42 Å². The quantitative estimate of drug-likeness (QED) is 0.824. The van der Waals surface area contributed by atoms with E-state index >= 15 is 0 Å². The van der Waals surface area contributed by atoms with Crippen LogP contribution in [0.15, 0.2) is 16.5 Å². The standard InChI is InChI=1S/C13H18N2OS/c1-15(12-4-3-5-13(12)17-2)9-11-7-6-10(8-14)16-11/h6-7,12-13H,3-5,9H2,1-2H3. The van der Waals surface area contributed by atoms with Gasteiger partial charge in [0.15, 0.2) is 0 Å². The molecular formula is C13H18N2OS. The summed E-state index contributed by atoms with van der Waals surface area (Å²) in [5, 5.41) is 9.46. The molecule has 2 rings (SSSR count). The number of furan rings is 1. The number of nitrogens with zero attached hydrogens (tertiary/aromatic N) is 2. The second-order valence-electron chi connectivity index (χ2n) is 4.57. The van der Waals surface area contributed by atoms with Crippen molar-refractivity contribution in [2.75, 3.05) is 13.3 Å². The van der Waals surface area contributed by atoms with Crippen LogP contribution in [0, 0.1) is 11.3 Å². The maximum absolute atomic E-state index is 8.72. The zero-order valence-electron chi connectivity index (χ0n) is 10.3. The van der Waals surface area contributed by atoms with E-state index in [1.165, 1.54) is 19.3 Å². The second-order valence-corrected chi connectivity index (χ2v) is 5.64. The largest absolute Gasteiger partial charge is 0.449 e. The average molecular weight is 250 g/mol. The van der Waals surface area contributed by atoms with E-state index in [0.717, 1.165) is 17.6 Å². The molecule has 0 bridgehead atoms. The molecule has 1 fully saturated rings. The first-order valence-electron chi connectivity index (χ1n) is 5.96. The van der Waals surface area contributed by atoms with E-state index in [4.69, 9.17) is 9.68 Å². The molecule has 1 aromatic heterocycles. The van der Waals surface area contributed by atoms with Crippen LogP contribution in [0.25, 0.3) is 0 Å². The Bertz CT molecular complexity index is 410. The molecule has 1 heterocycles. The van der Waals surface area contributed by atoms with Gasteiger partial charge in [0, 0.05) is 11.3 Å². The summed E-state index contributed by atoms with van der Waals surface area (Å²) >= 11 is 1.96. The summed E-state index contributed by atoms with van der Waals surface area (Å²) in [5.41, 5.74) is 0. The van der Waals surface area contributed by atoms with Gasteiger partial charge in [0.1, 0.15) is 11.8 Å². The van der Waals surface area contributed by atoms with Crippen LogP contribution in [0.1, 0.15) is 30.8 Å². The van der Waals surface area contributed by atoms with Crippen molar-refractivity contribution in [3.8, 4) is 6.07 Å². The zero-order chi connectivity index (χ0) is 12.3. The third-order valence-electron chi connectivity index (χ3n) is 3.46. The van der Waals surface area contributed by atoms with E-state index in [2.05, 4.69) is 18.2 Å². The summed E-state index contributed by atoms with van der Waals surface area (Å²) in [4.78, 5) is 2.36. The Morgan fingerprint density at radius 2 is 2.35 bits per heavy atom. The number of thioether (sulfide) groups is 1. The summed E-state index contributed by atoms with van der Waals surface area (Å²) in [7, 11) is 2.15. The van der Waals surface area contributed by atoms with Gasteiger partial charge >= 0.3 is 0 Å². The Kier molecular flexibility index (Phi) is 4.14. The fraction of sp³-hybridized carbons (Fsp3) is 0.615. The van der Waals surface area contributed by atoms with Gasteiger partial charge in [-0.15, -0.1) is 0 Å². The maximum atomic E-state index is 8.72. The predicted molar refractivity (Wildman–Crippen MR) is 69.8 cm³/mol. The third kappa shape index (κ3) is 2.85. The fourth-order valence-corrected chi connectivity index (χ4v) is 3.63. The minimum atomic E-state index is 0.404. The first-order valence-corrected chi connectivity index (χ1v) is 7.25. The van der Waals surface area contributed by atoms with Crippen molar-refractivity contribution in [3.63, 3.8) is 0 Å². The van der Waals surface area contributed by atoms with E-state index in [0.29, 0.717) is 11.8 Å². The molecule has 1 aromatic rings. The second kappa shape index (κ2) is 5.61. The van der Waals surface area contributed by atoms with Crippen molar-refractivity contribution in [1.82, 2.24) is 4.90 Å². The smallest absolute Gasteiger partial charge is 0.203 e. The van der Waals surface area contributed by atoms with Crippen LogP contribution in [-0.4, -0.2) is 29.5 Å². The highest BCUT2D eigenvalue weighted by atomic mass is 32.2. The number of nitriles is 1. The van der Waals surface area contributed by atoms with Crippen molar-refractivity contribution >= 4 is 11.8 Å². The first-order chi connectivity index (χ1) is 8.24. The van der Waals surface area contributed by atoms with Gasteiger partial charge in [-0.05, 0) is 38.3 Å². The Morgan fingerprint density at radius 1 is 1.53 bits per heavy atom. The van der Waals surface area contributed by atoms with E-state index < -0.39 is 0 Å². The van der Waals surface area contributed by atoms with Crippen LogP contribution >= 0.6 is 11.8 Å². The predicted octanol–water partition coefficient (Wildman–Crippen LogP) is 2.87. The molecular weight excluding hydrogens is 232 g/mol. The van der Waals surface area contributed by atoms with E-state index in [1.54, 1.807) is 6.07 Å². The van der Waals surface area contributed by atoms with E-state index in [-0.39, 0.29) is 0 Å². The molecule has 1 aliphatic carbocycles. The summed E-state index contributed by atoms with van der Waals surface area (Å²) < 4.78 is 5.42. The lowest BCUT2D eigenvalue weighted by atomic mass is 10.2. The lowest BCUT2D eigenvalue weighted by molar-refractivity contribution is 0.222. The van der Waals surface area contributed by atoms with Crippen LogP contribution in [-0.2, 0) is 6.54 Å². The Labute approximate surface area is 107 Å². The third-order valence-corrected chi connectivity index (χ3v) is 4.62. The molecule has 3 nitrogen and oxygen atoms in total.